The summed E-state index contributed by atoms with van der Waals surface area (Å²) in [6.45, 7) is 4.36. The van der Waals surface area contributed by atoms with Gasteiger partial charge < -0.3 is 10.6 Å². The van der Waals surface area contributed by atoms with E-state index in [2.05, 4.69) is 4.98 Å². The van der Waals surface area contributed by atoms with E-state index in [4.69, 9.17) is 5.73 Å². The number of nitrogens with zero attached hydrogens (tertiary/aromatic N) is 2. The summed E-state index contributed by atoms with van der Waals surface area (Å²) in [7, 11) is 0. The fourth-order valence-corrected chi connectivity index (χ4v) is 3.42. The lowest BCUT2D eigenvalue weighted by Crippen LogP contribution is -2.41. The van der Waals surface area contributed by atoms with E-state index in [0.717, 1.165) is 10.6 Å². The average Bonchev–Trinajstić information content (AvgIpc) is 2.70. The van der Waals surface area contributed by atoms with Crippen molar-refractivity contribution in [3.63, 3.8) is 0 Å². The van der Waals surface area contributed by atoms with Crippen molar-refractivity contribution in [3.8, 4) is 0 Å². The Morgan fingerprint density at radius 2 is 2.16 bits per heavy atom. The molecule has 0 saturated carbocycles. The number of nitrogens with two attached hydrogens (primary N) is 1. The third-order valence-electron chi connectivity index (χ3n) is 3.39. The lowest BCUT2D eigenvalue weighted by Gasteiger charge is -2.33. The molecule has 0 aliphatic carbocycles. The van der Waals surface area contributed by atoms with Crippen molar-refractivity contribution >= 4 is 16.5 Å². The van der Waals surface area contributed by atoms with Crippen molar-refractivity contribution in [1.29, 1.82) is 0 Å². The van der Waals surface area contributed by atoms with Crippen molar-refractivity contribution in [2.45, 2.75) is 38.9 Å². The van der Waals surface area contributed by atoms with E-state index in [1.807, 2.05) is 13.8 Å². The maximum Gasteiger partial charge on any atom is 0.393 e. The van der Waals surface area contributed by atoms with E-state index in [1.165, 1.54) is 11.3 Å². The first-order valence-electron chi connectivity index (χ1n) is 6.33. The van der Waals surface area contributed by atoms with Crippen LogP contribution in [-0.4, -0.2) is 24.2 Å². The molecule has 19 heavy (non-hydrogen) atoms. The third-order valence-corrected chi connectivity index (χ3v) is 4.81. The predicted molar refractivity (Wildman–Crippen MR) is 70.4 cm³/mol. The van der Waals surface area contributed by atoms with Gasteiger partial charge in [-0.2, -0.15) is 13.2 Å². The molecule has 0 radical (unpaired) electrons. The van der Waals surface area contributed by atoms with Crippen molar-refractivity contribution in [3.05, 3.63) is 10.6 Å². The van der Waals surface area contributed by atoms with Crippen LogP contribution in [0.2, 0.25) is 0 Å². The standard InChI is InChI=1S/C12H18F3N3S/c1-7(16)10-8(2)17-11(19-10)18-5-3-4-9(6-18)12(13,14)15/h7,9H,3-6,16H2,1-2H3. The van der Waals surface area contributed by atoms with Crippen LogP contribution < -0.4 is 10.6 Å². The summed E-state index contributed by atoms with van der Waals surface area (Å²) in [6, 6.07) is -0.130. The molecule has 1 aromatic rings. The zero-order valence-electron chi connectivity index (χ0n) is 11.0. The molecule has 1 aliphatic heterocycles. The van der Waals surface area contributed by atoms with Gasteiger partial charge in [0.1, 0.15) is 0 Å². The molecule has 2 rings (SSSR count). The first-order valence-corrected chi connectivity index (χ1v) is 7.15. The Bertz CT molecular complexity index is 442. The highest BCUT2D eigenvalue weighted by atomic mass is 32.1. The minimum absolute atomic E-state index is 0.00878. The Morgan fingerprint density at radius 3 is 2.68 bits per heavy atom. The van der Waals surface area contributed by atoms with E-state index in [0.29, 0.717) is 18.1 Å². The molecule has 1 fully saturated rings. The second kappa shape index (κ2) is 5.28. The summed E-state index contributed by atoms with van der Waals surface area (Å²) < 4.78 is 38.3. The van der Waals surface area contributed by atoms with E-state index in [9.17, 15) is 13.2 Å². The fraction of sp³-hybridized carbons (Fsp3) is 0.750. The molecule has 0 bridgehead atoms. The second-order valence-electron chi connectivity index (χ2n) is 5.06. The summed E-state index contributed by atoms with van der Waals surface area (Å²) in [5, 5.41) is 0.666. The molecule has 3 nitrogen and oxygen atoms in total. The first-order chi connectivity index (χ1) is 8.79. The molecule has 0 spiro atoms. The van der Waals surface area contributed by atoms with Gasteiger partial charge in [0.25, 0.3) is 0 Å². The largest absolute Gasteiger partial charge is 0.393 e. The molecule has 1 aromatic heterocycles. The molecule has 1 aliphatic rings. The summed E-state index contributed by atoms with van der Waals surface area (Å²) in [4.78, 5) is 7.06. The van der Waals surface area contributed by atoms with Gasteiger partial charge in [0, 0.05) is 24.0 Å². The predicted octanol–water partition coefficient (Wildman–Crippen LogP) is 3.25. The fourth-order valence-electron chi connectivity index (χ4n) is 2.37. The lowest BCUT2D eigenvalue weighted by molar-refractivity contribution is -0.175. The molecule has 7 heteroatoms. The Morgan fingerprint density at radius 1 is 1.47 bits per heavy atom. The number of anilines is 1. The van der Waals surface area contributed by atoms with Crippen LogP contribution in [0.4, 0.5) is 18.3 Å². The highest BCUT2D eigenvalue weighted by Crippen LogP contribution is 2.37. The van der Waals surface area contributed by atoms with Gasteiger partial charge in [-0.05, 0) is 26.7 Å². The van der Waals surface area contributed by atoms with Crippen molar-refractivity contribution in [2.75, 3.05) is 18.0 Å². The molecule has 2 N–H and O–H groups in total. The molecule has 2 atom stereocenters. The molecule has 2 unspecified atom stereocenters. The number of halogens is 3. The number of thiazole rings is 1. The van der Waals surface area contributed by atoms with Crippen LogP contribution >= 0.6 is 11.3 Å². The molecule has 108 valence electrons. The number of rotatable bonds is 2. The van der Waals surface area contributed by atoms with Crippen LogP contribution in [0.25, 0.3) is 0 Å². The molecule has 2 heterocycles. The second-order valence-corrected chi connectivity index (χ2v) is 6.07. The van der Waals surface area contributed by atoms with Gasteiger partial charge in [0.15, 0.2) is 5.13 Å². The number of piperidine rings is 1. The summed E-state index contributed by atoms with van der Waals surface area (Å²) in [5.74, 6) is -1.25. The van der Waals surface area contributed by atoms with Gasteiger partial charge in [-0.1, -0.05) is 0 Å². The van der Waals surface area contributed by atoms with E-state index in [1.54, 1.807) is 4.90 Å². The van der Waals surface area contributed by atoms with Crippen LogP contribution in [0.15, 0.2) is 0 Å². The van der Waals surface area contributed by atoms with Gasteiger partial charge in [-0.15, -0.1) is 11.3 Å². The highest BCUT2D eigenvalue weighted by molar-refractivity contribution is 7.15. The molecule has 1 saturated heterocycles. The smallest absolute Gasteiger partial charge is 0.347 e. The normalized spacial score (nSPS) is 22.6. The zero-order valence-corrected chi connectivity index (χ0v) is 11.8. The molecular weight excluding hydrogens is 275 g/mol. The van der Waals surface area contributed by atoms with Gasteiger partial charge in [0.05, 0.1) is 11.6 Å². The van der Waals surface area contributed by atoms with Crippen LogP contribution in [-0.2, 0) is 0 Å². The topological polar surface area (TPSA) is 42.2 Å². The lowest BCUT2D eigenvalue weighted by atomic mass is 9.98. The summed E-state index contributed by atoms with van der Waals surface area (Å²) >= 11 is 1.41. The zero-order chi connectivity index (χ0) is 14.2. The van der Waals surface area contributed by atoms with E-state index in [-0.39, 0.29) is 19.0 Å². The van der Waals surface area contributed by atoms with Gasteiger partial charge in [0.2, 0.25) is 0 Å². The number of hydrogen-bond donors (Lipinski definition) is 1. The first kappa shape index (κ1) is 14.6. The maximum absolute atomic E-state index is 12.8. The summed E-state index contributed by atoms with van der Waals surface area (Å²) in [6.07, 6.45) is -3.35. The van der Waals surface area contributed by atoms with Crippen molar-refractivity contribution in [2.24, 2.45) is 11.7 Å². The Kier molecular flexibility index (Phi) is 4.06. The average molecular weight is 293 g/mol. The van der Waals surface area contributed by atoms with Crippen LogP contribution in [0.5, 0.6) is 0 Å². The van der Waals surface area contributed by atoms with Crippen molar-refractivity contribution in [1.82, 2.24) is 4.98 Å². The maximum atomic E-state index is 12.8. The van der Waals surface area contributed by atoms with Crippen LogP contribution in [0.3, 0.4) is 0 Å². The summed E-state index contributed by atoms with van der Waals surface area (Å²) in [5.41, 5.74) is 6.65. The van der Waals surface area contributed by atoms with E-state index < -0.39 is 12.1 Å². The number of aromatic nitrogens is 1. The third kappa shape index (κ3) is 3.20. The Labute approximate surface area is 114 Å². The van der Waals surface area contributed by atoms with Crippen LogP contribution in [0, 0.1) is 12.8 Å². The molecule has 0 amide bonds. The Balaban J connectivity index is 2.16. The Hall–Kier alpha value is -0.820. The van der Waals surface area contributed by atoms with Crippen LogP contribution in [0.1, 0.15) is 36.4 Å². The minimum Gasteiger partial charge on any atom is -0.347 e. The number of hydrogen-bond acceptors (Lipinski definition) is 4. The monoisotopic (exact) mass is 293 g/mol. The number of alkyl halides is 3. The highest BCUT2D eigenvalue weighted by Gasteiger charge is 2.42. The quantitative estimate of drug-likeness (QED) is 0.910. The molecule has 0 aromatic carbocycles. The van der Waals surface area contributed by atoms with E-state index >= 15 is 0 Å². The van der Waals surface area contributed by atoms with Gasteiger partial charge in [-0.3, -0.25) is 0 Å². The van der Waals surface area contributed by atoms with Gasteiger partial charge >= 0.3 is 6.18 Å². The van der Waals surface area contributed by atoms with Gasteiger partial charge in [-0.25, -0.2) is 4.98 Å². The SMILES string of the molecule is Cc1nc(N2CCCC(C(F)(F)F)C2)sc1C(C)N. The molecular formula is C12H18F3N3S. The minimum atomic E-state index is -4.12. The van der Waals surface area contributed by atoms with Crippen molar-refractivity contribution < 1.29 is 13.2 Å². The number of aryl methyl sites for hydroxylation is 1.